The Morgan fingerprint density at radius 3 is 2.45 bits per heavy atom. The molecule has 0 aliphatic carbocycles. The second-order valence-electron chi connectivity index (χ2n) is 8.18. The Morgan fingerprint density at radius 2 is 1.70 bits per heavy atom. The predicted molar refractivity (Wildman–Crippen MR) is 124 cm³/mol. The molecule has 3 nitrogen and oxygen atoms in total. The molecule has 0 bridgehead atoms. The van der Waals surface area contributed by atoms with Crippen molar-refractivity contribution in [3.63, 3.8) is 0 Å². The van der Waals surface area contributed by atoms with Crippen molar-refractivity contribution in [2.75, 3.05) is 6.54 Å². The fourth-order valence-corrected chi connectivity index (χ4v) is 4.24. The van der Waals surface area contributed by atoms with Crippen LogP contribution >= 0.6 is 0 Å². The van der Waals surface area contributed by atoms with Crippen molar-refractivity contribution < 1.29 is 18.0 Å². The molecule has 0 aliphatic heterocycles. The number of para-hydroxylation sites is 1. The first-order chi connectivity index (χ1) is 15.8. The van der Waals surface area contributed by atoms with Crippen LogP contribution in [0.1, 0.15) is 34.6 Å². The van der Waals surface area contributed by atoms with Gasteiger partial charge in [-0.1, -0.05) is 66.7 Å². The quantitative estimate of drug-likeness (QED) is 0.364. The van der Waals surface area contributed by atoms with Gasteiger partial charge in [-0.2, -0.15) is 13.2 Å². The van der Waals surface area contributed by atoms with Gasteiger partial charge in [0.05, 0.1) is 5.56 Å². The van der Waals surface area contributed by atoms with Gasteiger partial charge in [-0.15, -0.1) is 0 Å². The Hall–Kier alpha value is -3.54. The van der Waals surface area contributed by atoms with Crippen molar-refractivity contribution in [1.29, 1.82) is 0 Å². The van der Waals surface area contributed by atoms with Crippen molar-refractivity contribution in [3.05, 3.63) is 107 Å². The van der Waals surface area contributed by atoms with E-state index in [1.54, 1.807) is 6.07 Å². The van der Waals surface area contributed by atoms with Gasteiger partial charge < -0.3 is 9.88 Å². The van der Waals surface area contributed by atoms with Crippen LogP contribution in [0.25, 0.3) is 10.9 Å². The number of nitrogens with zero attached hydrogens (tertiary/aromatic N) is 1. The van der Waals surface area contributed by atoms with E-state index in [4.69, 9.17) is 0 Å². The molecule has 170 valence electrons. The minimum Gasteiger partial charge on any atom is -0.356 e. The molecule has 33 heavy (non-hydrogen) atoms. The molecule has 0 saturated heterocycles. The molecule has 1 amide bonds. The Labute approximate surface area is 190 Å². The highest BCUT2D eigenvalue weighted by molar-refractivity contribution is 5.86. The van der Waals surface area contributed by atoms with Gasteiger partial charge in [0.2, 0.25) is 5.91 Å². The van der Waals surface area contributed by atoms with E-state index in [1.165, 1.54) is 6.07 Å². The summed E-state index contributed by atoms with van der Waals surface area (Å²) in [6, 6.07) is 22.8. The molecule has 0 radical (unpaired) electrons. The number of carbonyl (C=O) groups excluding carboxylic acids is 1. The average Bonchev–Trinajstić information content (AvgIpc) is 3.14. The molecular weight excluding hydrogens is 425 g/mol. The van der Waals surface area contributed by atoms with E-state index in [9.17, 15) is 18.0 Å². The molecule has 1 atom stereocenters. The Kier molecular flexibility index (Phi) is 6.54. The predicted octanol–water partition coefficient (Wildman–Crippen LogP) is 6.08. The molecule has 0 spiro atoms. The maximum absolute atomic E-state index is 13.4. The highest BCUT2D eigenvalue weighted by Gasteiger charge is 2.32. The van der Waals surface area contributed by atoms with Gasteiger partial charge >= 0.3 is 6.18 Å². The Balaban J connectivity index is 1.62. The summed E-state index contributed by atoms with van der Waals surface area (Å²) in [4.78, 5) is 12.9. The smallest absolute Gasteiger partial charge is 0.356 e. The topological polar surface area (TPSA) is 34.0 Å². The van der Waals surface area contributed by atoms with Gasteiger partial charge in [0.15, 0.2) is 0 Å². The zero-order valence-corrected chi connectivity index (χ0v) is 18.3. The average molecular weight is 451 g/mol. The van der Waals surface area contributed by atoms with Crippen molar-refractivity contribution in [1.82, 2.24) is 9.88 Å². The fourth-order valence-electron chi connectivity index (χ4n) is 4.24. The number of amides is 1. The lowest BCUT2D eigenvalue weighted by Gasteiger charge is -2.19. The minimum absolute atomic E-state index is 0.0596. The minimum atomic E-state index is -4.45. The molecule has 1 heterocycles. The summed E-state index contributed by atoms with van der Waals surface area (Å²) in [6.45, 7) is 0.466. The van der Waals surface area contributed by atoms with Gasteiger partial charge in [-0.05, 0) is 35.2 Å². The number of rotatable bonds is 7. The van der Waals surface area contributed by atoms with Crippen LogP contribution in [-0.2, 0) is 24.4 Å². The maximum Gasteiger partial charge on any atom is 0.416 e. The molecular formula is C27H25F3N2O. The second-order valence-corrected chi connectivity index (χ2v) is 8.18. The number of hydrogen-bond acceptors (Lipinski definition) is 1. The van der Waals surface area contributed by atoms with Crippen LogP contribution in [0, 0.1) is 0 Å². The van der Waals surface area contributed by atoms with E-state index >= 15 is 0 Å². The first-order valence-corrected chi connectivity index (χ1v) is 10.8. The van der Waals surface area contributed by atoms with Gasteiger partial charge in [-0.3, -0.25) is 4.79 Å². The number of fused-ring (bicyclic) bond motifs is 1. The highest BCUT2D eigenvalue weighted by atomic mass is 19.4. The van der Waals surface area contributed by atoms with Crippen molar-refractivity contribution in [2.24, 2.45) is 7.05 Å². The molecule has 1 aromatic heterocycles. The van der Waals surface area contributed by atoms with Crippen LogP contribution in [-0.4, -0.2) is 17.0 Å². The Morgan fingerprint density at radius 1 is 0.970 bits per heavy atom. The van der Waals surface area contributed by atoms with Crippen LogP contribution in [0.5, 0.6) is 0 Å². The number of carbonyl (C=O) groups is 1. The number of aryl methyl sites for hydroxylation is 1. The zero-order valence-electron chi connectivity index (χ0n) is 18.3. The summed E-state index contributed by atoms with van der Waals surface area (Å²) >= 11 is 0. The van der Waals surface area contributed by atoms with Crippen LogP contribution in [0.4, 0.5) is 13.2 Å². The van der Waals surface area contributed by atoms with E-state index in [-0.39, 0.29) is 12.3 Å². The van der Waals surface area contributed by atoms with Crippen LogP contribution in [0.2, 0.25) is 0 Å². The second kappa shape index (κ2) is 9.53. The third kappa shape index (κ3) is 5.28. The molecule has 4 rings (SSSR count). The number of halogens is 3. The van der Waals surface area contributed by atoms with E-state index in [0.717, 1.165) is 34.2 Å². The van der Waals surface area contributed by atoms with Crippen LogP contribution in [0.3, 0.4) is 0 Å². The maximum atomic E-state index is 13.4. The first kappa shape index (κ1) is 22.6. The van der Waals surface area contributed by atoms with Crippen molar-refractivity contribution in [2.45, 2.75) is 24.9 Å². The lowest BCUT2D eigenvalue weighted by Crippen LogP contribution is -2.27. The summed E-state index contributed by atoms with van der Waals surface area (Å²) in [5.74, 6) is -0.698. The number of alkyl halides is 3. The van der Waals surface area contributed by atoms with Crippen LogP contribution in [0.15, 0.2) is 85.1 Å². The normalized spacial score (nSPS) is 12.6. The van der Waals surface area contributed by atoms with E-state index in [1.807, 2.05) is 72.4 Å². The number of aromatic nitrogens is 1. The molecule has 1 unspecified atom stereocenters. The standard InChI is InChI=1S/C27H25F3N2O/c1-32-18-24(22-12-5-6-13-25(22)32)23(20-10-7-11-21(16-20)27(28,29)30)17-26(33)31-15-14-19-8-3-2-4-9-19/h2-13,16,18,23H,14-15,17H2,1H3,(H,31,33). The lowest BCUT2D eigenvalue weighted by atomic mass is 9.87. The third-order valence-electron chi connectivity index (χ3n) is 5.89. The molecule has 6 heteroatoms. The molecule has 0 fully saturated rings. The van der Waals surface area contributed by atoms with E-state index in [0.29, 0.717) is 18.5 Å². The Bertz CT molecular complexity index is 1250. The SMILES string of the molecule is Cn1cc(C(CC(=O)NCCc2ccccc2)c2cccc(C(F)(F)F)c2)c2ccccc21. The third-order valence-corrected chi connectivity index (χ3v) is 5.89. The largest absolute Gasteiger partial charge is 0.416 e. The summed E-state index contributed by atoms with van der Waals surface area (Å²) in [6.07, 6.45) is -1.79. The molecule has 0 aliphatic rings. The van der Waals surface area contributed by atoms with Gasteiger partial charge in [0.1, 0.15) is 0 Å². The fraction of sp³-hybridized carbons (Fsp3) is 0.222. The zero-order chi connectivity index (χ0) is 23.4. The van der Waals surface area contributed by atoms with Gasteiger partial charge in [-0.25, -0.2) is 0 Å². The summed E-state index contributed by atoms with van der Waals surface area (Å²) in [5, 5.41) is 3.86. The summed E-state index contributed by atoms with van der Waals surface area (Å²) in [7, 11) is 1.90. The molecule has 4 aromatic rings. The lowest BCUT2D eigenvalue weighted by molar-refractivity contribution is -0.137. The number of benzene rings is 3. The number of hydrogen-bond donors (Lipinski definition) is 1. The monoisotopic (exact) mass is 450 g/mol. The first-order valence-electron chi connectivity index (χ1n) is 10.8. The van der Waals surface area contributed by atoms with Gasteiger partial charge in [0.25, 0.3) is 0 Å². The van der Waals surface area contributed by atoms with Crippen molar-refractivity contribution >= 4 is 16.8 Å². The van der Waals surface area contributed by atoms with E-state index < -0.39 is 17.7 Å². The van der Waals surface area contributed by atoms with Crippen molar-refractivity contribution in [3.8, 4) is 0 Å². The highest BCUT2D eigenvalue weighted by Crippen LogP contribution is 2.37. The van der Waals surface area contributed by atoms with E-state index in [2.05, 4.69) is 5.32 Å². The molecule has 3 aromatic carbocycles. The summed E-state index contributed by atoms with van der Waals surface area (Å²) in [5.41, 5.74) is 2.68. The molecule has 0 saturated carbocycles. The molecule has 1 N–H and O–H groups in total. The van der Waals surface area contributed by atoms with Gasteiger partial charge in [0, 0.05) is 43.0 Å². The summed E-state index contributed by atoms with van der Waals surface area (Å²) < 4.78 is 42.1. The van der Waals surface area contributed by atoms with Crippen LogP contribution < -0.4 is 5.32 Å². The number of nitrogens with one attached hydrogen (secondary N) is 1.